The Labute approximate surface area is 157 Å². The Morgan fingerprint density at radius 1 is 1.15 bits per heavy atom. The van der Waals surface area contributed by atoms with Gasteiger partial charge in [0.05, 0.1) is 13.2 Å². The lowest BCUT2D eigenvalue weighted by Gasteiger charge is -2.26. The molecule has 148 valence electrons. The van der Waals surface area contributed by atoms with Gasteiger partial charge in [0.25, 0.3) is 0 Å². The van der Waals surface area contributed by atoms with Crippen LogP contribution in [-0.2, 0) is 4.74 Å². The van der Waals surface area contributed by atoms with Crippen molar-refractivity contribution in [2.45, 2.75) is 52.1 Å². The number of H-pyrrole nitrogens is 1. The van der Waals surface area contributed by atoms with E-state index < -0.39 is 0 Å². The number of aliphatic hydroxyl groups is 1. The monoisotopic (exact) mass is 364 g/mol. The number of methoxy groups -OCH3 is 1. The number of nitrogens with zero attached hydrogens (tertiary/aromatic N) is 1. The lowest BCUT2D eigenvalue weighted by molar-refractivity contribution is 0.129. The number of allylic oxidation sites excluding steroid dienone is 2. The number of hydrogen-bond donors (Lipinski definition) is 4. The first-order valence-electron chi connectivity index (χ1n) is 9.80. The van der Waals surface area contributed by atoms with E-state index in [9.17, 15) is 0 Å². The molecule has 6 nitrogen and oxygen atoms in total. The van der Waals surface area contributed by atoms with Crippen molar-refractivity contribution in [3.63, 3.8) is 0 Å². The summed E-state index contributed by atoms with van der Waals surface area (Å²) in [5.74, 6) is 0. The molecule has 2 rings (SSSR count). The first-order valence-corrected chi connectivity index (χ1v) is 9.80. The summed E-state index contributed by atoms with van der Waals surface area (Å²) < 4.78 is 5.13. The third-order valence-electron chi connectivity index (χ3n) is 5.12. The first-order chi connectivity index (χ1) is 12.6. The lowest BCUT2D eigenvalue weighted by atomic mass is 9.95. The van der Waals surface area contributed by atoms with E-state index in [0.717, 1.165) is 39.1 Å². The summed E-state index contributed by atoms with van der Waals surface area (Å²) >= 11 is 0. The number of rotatable bonds is 12. The van der Waals surface area contributed by atoms with E-state index in [2.05, 4.69) is 35.1 Å². The lowest BCUT2D eigenvalue weighted by Crippen LogP contribution is -2.31. The molecule has 0 bridgehead atoms. The highest BCUT2D eigenvalue weighted by Gasteiger charge is 2.23. The number of ether oxygens (including phenoxy) is 1. The van der Waals surface area contributed by atoms with E-state index in [4.69, 9.17) is 15.6 Å². The number of unbranched alkanes of at least 4 members (excludes halogenated alkanes) is 3. The second-order valence-electron chi connectivity index (χ2n) is 7.23. The summed E-state index contributed by atoms with van der Waals surface area (Å²) in [7, 11) is 1.72. The molecule has 0 saturated carbocycles. The molecule has 1 aromatic heterocycles. The minimum absolute atomic E-state index is 0.108. The molecule has 26 heavy (non-hydrogen) atoms. The minimum Gasteiger partial charge on any atom is -0.395 e. The molecule has 0 aliphatic carbocycles. The van der Waals surface area contributed by atoms with E-state index in [-0.39, 0.29) is 12.8 Å². The number of nitrogens with two attached hydrogens (primary N) is 1. The second-order valence-corrected chi connectivity index (χ2v) is 7.23. The standard InChI is InChI=1S/C20H36N4O2/c1-15-14-18-19(22-15)17(16(2)23-20(18)21)8-6-4-5-7-9-24(10-12-25)11-13-26-3/h14,20,22-23,25H,4-13,21H2,1-3H3. The van der Waals surface area contributed by atoms with Crippen LogP contribution in [0.3, 0.4) is 0 Å². The van der Waals surface area contributed by atoms with Gasteiger partial charge in [-0.25, -0.2) is 0 Å². The molecule has 0 amide bonds. The summed E-state index contributed by atoms with van der Waals surface area (Å²) in [6, 6.07) is 2.15. The van der Waals surface area contributed by atoms with Crippen LogP contribution in [0.25, 0.3) is 5.57 Å². The predicted octanol–water partition coefficient (Wildman–Crippen LogP) is 2.51. The van der Waals surface area contributed by atoms with Crippen molar-refractivity contribution in [1.82, 2.24) is 15.2 Å². The Bertz CT molecular complexity index is 582. The fourth-order valence-electron chi connectivity index (χ4n) is 3.69. The van der Waals surface area contributed by atoms with Crippen LogP contribution in [-0.4, -0.2) is 54.9 Å². The number of aliphatic hydroxyl groups excluding tert-OH is 1. The normalized spacial score (nSPS) is 16.9. The second kappa shape index (κ2) is 10.7. The summed E-state index contributed by atoms with van der Waals surface area (Å²) in [4.78, 5) is 5.76. The van der Waals surface area contributed by atoms with Crippen LogP contribution < -0.4 is 11.1 Å². The van der Waals surface area contributed by atoms with Gasteiger partial charge in [0.2, 0.25) is 0 Å². The Morgan fingerprint density at radius 3 is 2.65 bits per heavy atom. The Hall–Kier alpha value is -1.34. The topological polar surface area (TPSA) is 86.5 Å². The molecule has 0 radical (unpaired) electrons. The minimum atomic E-state index is -0.108. The molecule has 1 unspecified atom stereocenters. The zero-order valence-electron chi connectivity index (χ0n) is 16.6. The van der Waals surface area contributed by atoms with E-state index in [0.29, 0.717) is 0 Å². The predicted molar refractivity (Wildman–Crippen MR) is 107 cm³/mol. The van der Waals surface area contributed by atoms with Crippen molar-refractivity contribution >= 4 is 5.57 Å². The maximum atomic E-state index is 9.14. The number of aryl methyl sites for hydroxylation is 1. The van der Waals surface area contributed by atoms with Crippen molar-refractivity contribution in [1.29, 1.82) is 0 Å². The van der Waals surface area contributed by atoms with Gasteiger partial charge >= 0.3 is 0 Å². The van der Waals surface area contributed by atoms with E-state index in [1.165, 1.54) is 47.5 Å². The molecule has 1 aliphatic rings. The van der Waals surface area contributed by atoms with Gasteiger partial charge in [-0.3, -0.25) is 4.90 Å². The van der Waals surface area contributed by atoms with E-state index in [1.54, 1.807) is 7.11 Å². The molecule has 1 aromatic rings. The molecule has 0 spiro atoms. The van der Waals surface area contributed by atoms with E-state index >= 15 is 0 Å². The van der Waals surface area contributed by atoms with Gasteiger partial charge in [0.1, 0.15) is 6.17 Å². The van der Waals surface area contributed by atoms with Gasteiger partial charge in [0.15, 0.2) is 0 Å². The van der Waals surface area contributed by atoms with Crippen molar-refractivity contribution in [3.8, 4) is 0 Å². The Kier molecular flexibility index (Phi) is 8.65. The summed E-state index contributed by atoms with van der Waals surface area (Å²) in [5, 5.41) is 12.5. The highest BCUT2D eigenvalue weighted by atomic mass is 16.5. The highest BCUT2D eigenvalue weighted by molar-refractivity contribution is 5.71. The fraction of sp³-hybridized carbons (Fsp3) is 0.700. The van der Waals surface area contributed by atoms with Gasteiger partial charge < -0.3 is 25.9 Å². The molecule has 0 fully saturated rings. The number of aromatic nitrogens is 1. The molecular weight excluding hydrogens is 328 g/mol. The van der Waals surface area contributed by atoms with Crippen molar-refractivity contribution < 1.29 is 9.84 Å². The van der Waals surface area contributed by atoms with Gasteiger partial charge in [-0.2, -0.15) is 0 Å². The molecule has 0 saturated heterocycles. The van der Waals surface area contributed by atoms with Crippen LogP contribution in [0.15, 0.2) is 11.8 Å². The zero-order valence-corrected chi connectivity index (χ0v) is 16.6. The molecule has 1 aliphatic heterocycles. The van der Waals surface area contributed by atoms with Crippen molar-refractivity contribution in [3.05, 3.63) is 28.7 Å². The maximum Gasteiger partial charge on any atom is 0.102 e. The van der Waals surface area contributed by atoms with Gasteiger partial charge in [-0.15, -0.1) is 0 Å². The Balaban J connectivity index is 1.73. The quantitative estimate of drug-likeness (QED) is 0.428. The molecule has 6 heteroatoms. The van der Waals surface area contributed by atoms with Crippen LogP contribution in [0.1, 0.15) is 62.1 Å². The number of fused-ring (bicyclic) bond motifs is 1. The summed E-state index contributed by atoms with van der Waals surface area (Å²) in [5.41, 5.74) is 12.3. The zero-order chi connectivity index (χ0) is 18.9. The number of aromatic amines is 1. The summed E-state index contributed by atoms with van der Waals surface area (Å²) in [6.07, 6.45) is 5.74. The molecule has 1 atom stereocenters. The van der Waals surface area contributed by atoms with Crippen LogP contribution >= 0.6 is 0 Å². The van der Waals surface area contributed by atoms with Crippen molar-refractivity contribution in [2.75, 3.05) is 40.0 Å². The smallest absolute Gasteiger partial charge is 0.102 e. The molecule has 0 aromatic carbocycles. The van der Waals surface area contributed by atoms with Crippen LogP contribution in [0.2, 0.25) is 0 Å². The summed E-state index contributed by atoms with van der Waals surface area (Å²) in [6.45, 7) is 7.80. The largest absolute Gasteiger partial charge is 0.395 e. The average molecular weight is 365 g/mol. The number of nitrogens with one attached hydrogen (secondary N) is 2. The third-order valence-corrected chi connectivity index (χ3v) is 5.12. The molecular formula is C20H36N4O2. The van der Waals surface area contributed by atoms with Gasteiger partial charge in [-0.05, 0) is 51.3 Å². The fourth-order valence-corrected chi connectivity index (χ4v) is 3.69. The van der Waals surface area contributed by atoms with Crippen LogP contribution in [0.4, 0.5) is 0 Å². The third kappa shape index (κ3) is 5.84. The average Bonchev–Trinajstić information content (AvgIpc) is 3.00. The van der Waals surface area contributed by atoms with Crippen molar-refractivity contribution in [2.24, 2.45) is 5.73 Å². The molecule has 2 heterocycles. The SMILES string of the molecule is COCCN(CCO)CCCCCCC1=C(C)NC(N)c2cc(C)[nH]c21. The number of hydrogen-bond acceptors (Lipinski definition) is 5. The van der Waals surface area contributed by atoms with E-state index in [1.807, 2.05) is 0 Å². The molecule has 5 N–H and O–H groups in total. The highest BCUT2D eigenvalue weighted by Crippen LogP contribution is 2.33. The first kappa shape index (κ1) is 21.0. The van der Waals surface area contributed by atoms with Gasteiger partial charge in [0, 0.05) is 42.8 Å². The maximum absolute atomic E-state index is 9.14. The Morgan fingerprint density at radius 2 is 1.92 bits per heavy atom. The van der Waals surface area contributed by atoms with Crippen LogP contribution in [0, 0.1) is 6.92 Å². The van der Waals surface area contributed by atoms with Gasteiger partial charge in [-0.1, -0.05) is 12.8 Å². The van der Waals surface area contributed by atoms with Crippen LogP contribution in [0.5, 0.6) is 0 Å².